The van der Waals surface area contributed by atoms with Crippen molar-refractivity contribution in [3.63, 3.8) is 0 Å². The van der Waals surface area contributed by atoms with Crippen molar-refractivity contribution in [3.05, 3.63) is 56.9 Å². The summed E-state index contributed by atoms with van der Waals surface area (Å²) >= 11 is 4.21. The van der Waals surface area contributed by atoms with E-state index < -0.39 is 17.1 Å². The predicted molar refractivity (Wildman–Crippen MR) is 132 cm³/mol. The van der Waals surface area contributed by atoms with Crippen LogP contribution >= 0.6 is 27.7 Å². The maximum atomic E-state index is 12.8. The van der Waals surface area contributed by atoms with Crippen molar-refractivity contribution in [1.82, 2.24) is 4.90 Å². The molecule has 3 amide bonds. The molecule has 9 heteroatoms. The molecule has 1 aliphatic heterocycles. The molecular formula is C24H21BrN2O5S. The highest BCUT2D eigenvalue weighted by Crippen LogP contribution is 2.38. The number of methoxy groups -OCH3 is 1. The number of hydrogen-bond donors (Lipinski definition) is 1. The number of nitrogens with zero attached hydrogens (tertiary/aromatic N) is 1. The molecule has 0 spiro atoms. The fourth-order valence-corrected chi connectivity index (χ4v) is 4.38. The Morgan fingerprint density at radius 1 is 1.27 bits per heavy atom. The summed E-state index contributed by atoms with van der Waals surface area (Å²) < 4.78 is 11.4. The number of hydrogen-bond acceptors (Lipinski definition) is 6. The van der Waals surface area contributed by atoms with E-state index in [0.717, 1.165) is 28.6 Å². The average Bonchev–Trinajstić information content (AvgIpc) is 3.06. The highest BCUT2D eigenvalue weighted by atomic mass is 79.9. The third kappa shape index (κ3) is 5.78. The van der Waals surface area contributed by atoms with Gasteiger partial charge in [-0.05, 0) is 53.6 Å². The Balaban J connectivity index is 1.77. The van der Waals surface area contributed by atoms with E-state index in [9.17, 15) is 14.4 Å². The number of nitrogens with one attached hydrogen (secondary N) is 1. The molecule has 0 saturated carbocycles. The summed E-state index contributed by atoms with van der Waals surface area (Å²) in [4.78, 5) is 38.9. The molecule has 1 fully saturated rings. The lowest BCUT2D eigenvalue weighted by atomic mass is 10.1. The van der Waals surface area contributed by atoms with Crippen molar-refractivity contribution in [2.45, 2.75) is 13.3 Å². The number of terminal acetylenes is 1. The third-order valence-electron chi connectivity index (χ3n) is 4.73. The summed E-state index contributed by atoms with van der Waals surface area (Å²) in [5.41, 5.74) is 2.23. The van der Waals surface area contributed by atoms with Gasteiger partial charge in [0.2, 0.25) is 5.91 Å². The molecule has 0 aliphatic carbocycles. The Hall–Kier alpha value is -3.22. The van der Waals surface area contributed by atoms with E-state index in [1.807, 2.05) is 25.1 Å². The molecule has 0 bridgehead atoms. The molecule has 1 aliphatic rings. The summed E-state index contributed by atoms with van der Waals surface area (Å²) in [6.07, 6.45) is 7.54. The van der Waals surface area contributed by atoms with Crippen LogP contribution in [0.1, 0.15) is 18.1 Å². The number of halogens is 1. The molecule has 2 aromatic rings. The molecule has 7 nitrogen and oxygen atoms in total. The number of carbonyl (C=O) groups is 3. The monoisotopic (exact) mass is 528 g/mol. The fraction of sp³-hybridized carbons (Fsp3) is 0.208. The van der Waals surface area contributed by atoms with E-state index >= 15 is 0 Å². The van der Waals surface area contributed by atoms with Crippen molar-refractivity contribution in [2.24, 2.45) is 0 Å². The molecule has 1 N–H and O–H groups in total. The SMILES string of the molecule is C#CCOc1cc(Br)c(/C=C2\SC(=O)N(CC(=O)Nc3ccccc3CC)C2=O)cc1OC. The predicted octanol–water partition coefficient (Wildman–Crippen LogP) is 4.71. The summed E-state index contributed by atoms with van der Waals surface area (Å²) in [7, 11) is 1.49. The molecular weight excluding hydrogens is 508 g/mol. The highest BCUT2D eigenvalue weighted by molar-refractivity contribution is 9.10. The molecule has 33 heavy (non-hydrogen) atoms. The van der Waals surface area contributed by atoms with E-state index in [2.05, 4.69) is 27.2 Å². The third-order valence-corrected chi connectivity index (χ3v) is 6.32. The number of carbonyl (C=O) groups excluding carboxylic acids is 3. The van der Waals surface area contributed by atoms with Gasteiger partial charge in [0, 0.05) is 10.2 Å². The first kappa shape index (κ1) is 24.4. The lowest BCUT2D eigenvalue weighted by molar-refractivity contribution is -0.127. The first-order valence-electron chi connectivity index (χ1n) is 9.94. The topological polar surface area (TPSA) is 84.9 Å². The maximum absolute atomic E-state index is 12.8. The normalized spacial score (nSPS) is 14.4. The lowest BCUT2D eigenvalue weighted by Gasteiger charge is -2.14. The Labute approximate surface area is 204 Å². The summed E-state index contributed by atoms with van der Waals surface area (Å²) in [6.45, 7) is 1.68. The quantitative estimate of drug-likeness (QED) is 0.394. The van der Waals surface area contributed by atoms with Crippen LogP contribution in [0.4, 0.5) is 10.5 Å². The van der Waals surface area contributed by atoms with Crippen molar-refractivity contribution < 1.29 is 23.9 Å². The second kappa shape index (κ2) is 11.1. The van der Waals surface area contributed by atoms with Crippen LogP contribution in [0, 0.1) is 12.3 Å². The molecule has 0 atom stereocenters. The molecule has 1 saturated heterocycles. The standard InChI is InChI=1S/C24H21BrN2O5S/c1-4-10-32-20-13-17(25)16(11-19(20)31-3)12-21-23(29)27(24(30)33-21)14-22(28)26-18-9-7-6-8-15(18)5-2/h1,6-9,11-13H,5,10,14H2,2-3H3,(H,26,28)/b21-12-. The Morgan fingerprint density at radius 2 is 2.03 bits per heavy atom. The average molecular weight is 529 g/mol. The summed E-state index contributed by atoms with van der Waals surface area (Å²) in [5.74, 6) is 2.26. The zero-order valence-electron chi connectivity index (χ0n) is 18.0. The highest BCUT2D eigenvalue weighted by Gasteiger charge is 2.36. The minimum absolute atomic E-state index is 0.0752. The molecule has 0 aromatic heterocycles. The number of imide groups is 1. The minimum Gasteiger partial charge on any atom is -0.493 e. The van der Waals surface area contributed by atoms with E-state index in [4.69, 9.17) is 15.9 Å². The molecule has 170 valence electrons. The second-order valence-electron chi connectivity index (χ2n) is 6.84. The minimum atomic E-state index is -0.539. The van der Waals surface area contributed by atoms with Crippen LogP contribution in [0.25, 0.3) is 6.08 Å². The van der Waals surface area contributed by atoms with Gasteiger partial charge >= 0.3 is 0 Å². The van der Waals surface area contributed by atoms with Crippen LogP contribution in [0.3, 0.4) is 0 Å². The molecule has 1 heterocycles. The van der Waals surface area contributed by atoms with Gasteiger partial charge in [0.25, 0.3) is 11.1 Å². The number of rotatable bonds is 8. The molecule has 0 radical (unpaired) electrons. The van der Waals surface area contributed by atoms with Crippen molar-refractivity contribution in [1.29, 1.82) is 0 Å². The van der Waals surface area contributed by atoms with Crippen molar-refractivity contribution in [3.8, 4) is 23.8 Å². The van der Waals surface area contributed by atoms with Crippen LogP contribution in [-0.2, 0) is 16.0 Å². The first-order valence-corrected chi connectivity index (χ1v) is 11.6. The molecule has 3 rings (SSSR count). The largest absolute Gasteiger partial charge is 0.493 e. The van der Waals surface area contributed by atoms with Gasteiger partial charge in [0.1, 0.15) is 13.2 Å². The van der Waals surface area contributed by atoms with Crippen LogP contribution in [0.15, 0.2) is 45.8 Å². The Morgan fingerprint density at radius 3 is 2.73 bits per heavy atom. The van der Waals surface area contributed by atoms with E-state index in [1.165, 1.54) is 7.11 Å². The number of para-hydroxylation sites is 1. The second-order valence-corrected chi connectivity index (χ2v) is 8.69. The Kier molecular flexibility index (Phi) is 8.20. The first-order chi connectivity index (χ1) is 15.9. The van der Waals surface area contributed by atoms with E-state index in [-0.39, 0.29) is 18.1 Å². The molecule has 0 unspecified atom stereocenters. The Bertz CT molecular complexity index is 1170. The van der Waals surface area contributed by atoms with Crippen LogP contribution in [0.5, 0.6) is 11.5 Å². The van der Waals surface area contributed by atoms with Crippen LogP contribution < -0.4 is 14.8 Å². The maximum Gasteiger partial charge on any atom is 0.294 e. The van der Waals surface area contributed by atoms with Gasteiger partial charge in [-0.15, -0.1) is 6.42 Å². The number of thioether (sulfide) groups is 1. The smallest absolute Gasteiger partial charge is 0.294 e. The fourth-order valence-electron chi connectivity index (χ4n) is 3.11. The zero-order valence-corrected chi connectivity index (χ0v) is 20.4. The van der Waals surface area contributed by atoms with Gasteiger partial charge in [0.05, 0.1) is 12.0 Å². The van der Waals surface area contributed by atoms with Gasteiger partial charge in [-0.1, -0.05) is 47.0 Å². The van der Waals surface area contributed by atoms with Gasteiger partial charge < -0.3 is 14.8 Å². The van der Waals surface area contributed by atoms with Crippen molar-refractivity contribution in [2.75, 3.05) is 25.6 Å². The van der Waals surface area contributed by atoms with Gasteiger partial charge in [-0.25, -0.2) is 0 Å². The zero-order chi connectivity index (χ0) is 24.0. The van der Waals surface area contributed by atoms with Crippen molar-refractivity contribution >= 4 is 56.5 Å². The summed E-state index contributed by atoms with van der Waals surface area (Å²) in [6, 6.07) is 10.7. The number of ether oxygens (including phenoxy) is 2. The van der Waals surface area contributed by atoms with Crippen LogP contribution in [-0.4, -0.2) is 42.2 Å². The van der Waals surface area contributed by atoms with E-state index in [1.54, 1.807) is 24.3 Å². The number of anilines is 1. The van der Waals surface area contributed by atoms with Gasteiger partial charge in [-0.3, -0.25) is 19.3 Å². The number of amides is 3. The van der Waals surface area contributed by atoms with Gasteiger partial charge in [0.15, 0.2) is 11.5 Å². The number of aryl methyl sites for hydroxylation is 1. The van der Waals surface area contributed by atoms with E-state index in [0.29, 0.717) is 27.2 Å². The van der Waals surface area contributed by atoms with Crippen LogP contribution in [0.2, 0.25) is 0 Å². The molecule has 2 aromatic carbocycles. The summed E-state index contributed by atoms with van der Waals surface area (Å²) in [5, 5.41) is 2.26. The number of benzene rings is 2. The van der Waals surface area contributed by atoms with Gasteiger partial charge in [-0.2, -0.15) is 0 Å². The lowest BCUT2D eigenvalue weighted by Crippen LogP contribution is -2.36.